The molecule has 0 aliphatic carbocycles. The van der Waals surface area contributed by atoms with Crippen molar-refractivity contribution in [1.29, 1.82) is 0 Å². The molecular formula is C23H30N2O2. The van der Waals surface area contributed by atoms with Crippen LogP contribution < -0.4 is 10.2 Å². The number of ether oxygens (including phenoxy) is 1. The number of carbonyl (C=O) groups is 1. The molecule has 0 saturated carbocycles. The second-order valence-electron chi connectivity index (χ2n) is 6.55. The van der Waals surface area contributed by atoms with Crippen molar-refractivity contribution in [1.82, 2.24) is 5.43 Å². The Morgan fingerprint density at radius 1 is 0.889 bits per heavy atom. The van der Waals surface area contributed by atoms with E-state index < -0.39 is 0 Å². The Labute approximate surface area is 162 Å². The largest absolute Gasteiger partial charge is 0.494 e. The molecular weight excluding hydrogens is 336 g/mol. The molecule has 0 aliphatic heterocycles. The van der Waals surface area contributed by atoms with E-state index in [0.717, 1.165) is 36.3 Å². The van der Waals surface area contributed by atoms with Crippen LogP contribution in [0.2, 0.25) is 0 Å². The summed E-state index contributed by atoms with van der Waals surface area (Å²) in [4.78, 5) is 12.4. The zero-order valence-corrected chi connectivity index (χ0v) is 16.4. The van der Waals surface area contributed by atoms with Gasteiger partial charge in [-0.25, -0.2) is 5.43 Å². The predicted octanol–water partition coefficient (Wildman–Crippen LogP) is 5.58. The topological polar surface area (TPSA) is 50.7 Å². The van der Waals surface area contributed by atoms with Crippen molar-refractivity contribution in [2.24, 2.45) is 5.10 Å². The van der Waals surface area contributed by atoms with Crippen molar-refractivity contribution in [3.8, 4) is 5.75 Å². The fraction of sp³-hybridized carbons (Fsp3) is 0.391. The summed E-state index contributed by atoms with van der Waals surface area (Å²) in [6.07, 6.45) is 6.49. The first-order chi connectivity index (χ1) is 13.2. The molecule has 0 aromatic heterocycles. The Balaban J connectivity index is 1.90. The van der Waals surface area contributed by atoms with Gasteiger partial charge in [-0.1, -0.05) is 69.9 Å². The molecule has 27 heavy (non-hydrogen) atoms. The minimum absolute atomic E-state index is 0.214. The molecule has 2 rings (SSSR count). The highest BCUT2D eigenvalue weighted by molar-refractivity contribution is 6.02. The van der Waals surface area contributed by atoms with Crippen molar-refractivity contribution >= 4 is 11.6 Å². The maximum Gasteiger partial charge on any atom is 0.271 e. The molecule has 144 valence electrons. The number of hydrogen-bond acceptors (Lipinski definition) is 3. The molecule has 4 heteroatoms. The SMILES string of the molecule is CCCCCCOc1ccc(C(=O)N/N=C(\CCC)c2ccccc2)cc1. The van der Waals surface area contributed by atoms with E-state index in [1.165, 1.54) is 19.3 Å². The average Bonchev–Trinajstić information content (AvgIpc) is 2.72. The number of hydrazone groups is 1. The van der Waals surface area contributed by atoms with Crippen LogP contribution in [0, 0.1) is 0 Å². The Hall–Kier alpha value is -2.62. The van der Waals surface area contributed by atoms with Crippen molar-refractivity contribution < 1.29 is 9.53 Å². The van der Waals surface area contributed by atoms with Gasteiger partial charge in [-0.15, -0.1) is 0 Å². The second kappa shape index (κ2) is 11.9. The number of benzene rings is 2. The average molecular weight is 367 g/mol. The van der Waals surface area contributed by atoms with E-state index in [9.17, 15) is 4.79 Å². The molecule has 1 N–H and O–H groups in total. The summed E-state index contributed by atoms with van der Waals surface area (Å²) in [5.74, 6) is 0.580. The highest BCUT2D eigenvalue weighted by Crippen LogP contribution is 2.13. The molecule has 2 aromatic carbocycles. The maximum absolute atomic E-state index is 12.4. The van der Waals surface area contributed by atoms with E-state index in [1.54, 1.807) is 12.1 Å². The summed E-state index contributed by atoms with van der Waals surface area (Å²) >= 11 is 0. The van der Waals surface area contributed by atoms with Gasteiger partial charge in [-0.3, -0.25) is 4.79 Å². The number of nitrogens with one attached hydrogen (secondary N) is 1. The van der Waals surface area contributed by atoms with Crippen LogP contribution in [0.4, 0.5) is 0 Å². The number of nitrogens with zero attached hydrogens (tertiary/aromatic N) is 1. The van der Waals surface area contributed by atoms with Crippen LogP contribution in [0.15, 0.2) is 59.7 Å². The van der Waals surface area contributed by atoms with Crippen LogP contribution in [0.1, 0.15) is 68.3 Å². The summed E-state index contributed by atoms with van der Waals surface area (Å²) in [5.41, 5.74) is 5.17. The van der Waals surface area contributed by atoms with Crippen molar-refractivity contribution in [2.75, 3.05) is 6.61 Å². The van der Waals surface area contributed by atoms with Gasteiger partial charge < -0.3 is 4.74 Å². The quantitative estimate of drug-likeness (QED) is 0.321. The predicted molar refractivity (Wildman–Crippen MR) is 111 cm³/mol. The Bertz CT molecular complexity index is 709. The Morgan fingerprint density at radius 2 is 1.63 bits per heavy atom. The van der Waals surface area contributed by atoms with Gasteiger partial charge in [0.25, 0.3) is 5.91 Å². The number of unbranched alkanes of at least 4 members (excludes halogenated alkanes) is 3. The summed E-state index contributed by atoms with van der Waals surface area (Å²) in [6, 6.07) is 17.2. The van der Waals surface area contributed by atoms with Gasteiger partial charge in [0.2, 0.25) is 0 Å². The van der Waals surface area contributed by atoms with Crippen LogP contribution in [-0.2, 0) is 0 Å². The highest BCUT2D eigenvalue weighted by atomic mass is 16.5. The first-order valence-corrected chi connectivity index (χ1v) is 9.89. The number of amides is 1. The minimum atomic E-state index is -0.214. The Kier molecular flexibility index (Phi) is 9.11. The standard InChI is InChI=1S/C23H30N2O2/c1-3-5-6-10-18-27-21-16-14-20(15-17-21)23(26)25-24-22(11-4-2)19-12-8-7-9-13-19/h7-9,12-17H,3-6,10-11,18H2,1-2H3,(H,25,26)/b24-22+. The number of hydrogen-bond donors (Lipinski definition) is 1. The third-order valence-electron chi connectivity index (χ3n) is 4.27. The van der Waals surface area contributed by atoms with Crippen molar-refractivity contribution in [2.45, 2.75) is 52.4 Å². The lowest BCUT2D eigenvalue weighted by atomic mass is 10.1. The fourth-order valence-corrected chi connectivity index (χ4v) is 2.74. The van der Waals surface area contributed by atoms with Crippen LogP contribution >= 0.6 is 0 Å². The normalized spacial score (nSPS) is 11.3. The summed E-state index contributed by atoms with van der Waals surface area (Å²) in [6.45, 7) is 5.01. The highest BCUT2D eigenvalue weighted by Gasteiger charge is 2.07. The van der Waals surface area contributed by atoms with E-state index in [2.05, 4.69) is 24.4 Å². The molecule has 0 fully saturated rings. The van der Waals surface area contributed by atoms with Crippen LogP contribution in [-0.4, -0.2) is 18.2 Å². The third-order valence-corrected chi connectivity index (χ3v) is 4.27. The van der Waals surface area contributed by atoms with Gasteiger partial charge >= 0.3 is 0 Å². The second-order valence-corrected chi connectivity index (χ2v) is 6.55. The number of carbonyl (C=O) groups excluding carboxylic acids is 1. The molecule has 0 heterocycles. The maximum atomic E-state index is 12.4. The van der Waals surface area contributed by atoms with Gasteiger partial charge in [0.15, 0.2) is 0 Å². The van der Waals surface area contributed by atoms with Crippen molar-refractivity contribution in [3.63, 3.8) is 0 Å². The zero-order valence-electron chi connectivity index (χ0n) is 16.4. The fourth-order valence-electron chi connectivity index (χ4n) is 2.74. The van der Waals surface area contributed by atoms with Gasteiger partial charge in [0, 0.05) is 5.56 Å². The summed E-state index contributed by atoms with van der Waals surface area (Å²) < 4.78 is 5.72. The lowest BCUT2D eigenvalue weighted by molar-refractivity contribution is 0.0954. The molecule has 0 aliphatic rings. The lowest BCUT2D eigenvalue weighted by Crippen LogP contribution is -2.20. The smallest absolute Gasteiger partial charge is 0.271 e. The molecule has 0 radical (unpaired) electrons. The van der Waals surface area contributed by atoms with Crippen molar-refractivity contribution in [3.05, 3.63) is 65.7 Å². The molecule has 2 aromatic rings. The third kappa shape index (κ3) is 7.26. The van der Waals surface area contributed by atoms with Gasteiger partial charge in [-0.05, 0) is 42.7 Å². The van der Waals surface area contributed by atoms with E-state index in [0.29, 0.717) is 12.2 Å². The van der Waals surface area contributed by atoms with E-state index in [1.807, 2.05) is 42.5 Å². The molecule has 0 saturated heterocycles. The Morgan fingerprint density at radius 3 is 2.30 bits per heavy atom. The molecule has 0 bridgehead atoms. The van der Waals surface area contributed by atoms with Gasteiger partial charge in [0.1, 0.15) is 5.75 Å². The van der Waals surface area contributed by atoms with Crippen LogP contribution in [0.25, 0.3) is 0 Å². The lowest BCUT2D eigenvalue weighted by Gasteiger charge is -2.08. The molecule has 0 unspecified atom stereocenters. The molecule has 1 amide bonds. The summed E-state index contributed by atoms with van der Waals surface area (Å²) in [5, 5.41) is 4.35. The van der Waals surface area contributed by atoms with Gasteiger partial charge in [-0.2, -0.15) is 5.10 Å². The monoisotopic (exact) mass is 366 g/mol. The van der Waals surface area contributed by atoms with E-state index in [-0.39, 0.29) is 5.91 Å². The first kappa shape index (κ1) is 20.7. The molecule has 0 spiro atoms. The van der Waals surface area contributed by atoms with E-state index >= 15 is 0 Å². The minimum Gasteiger partial charge on any atom is -0.494 e. The van der Waals surface area contributed by atoms with Crippen LogP contribution in [0.5, 0.6) is 5.75 Å². The zero-order chi connectivity index (χ0) is 19.3. The van der Waals surface area contributed by atoms with E-state index in [4.69, 9.17) is 4.74 Å². The first-order valence-electron chi connectivity index (χ1n) is 9.89. The van der Waals surface area contributed by atoms with Crippen LogP contribution in [0.3, 0.4) is 0 Å². The molecule has 0 atom stereocenters. The number of rotatable bonds is 11. The van der Waals surface area contributed by atoms with Gasteiger partial charge in [0.05, 0.1) is 12.3 Å². The molecule has 4 nitrogen and oxygen atoms in total. The summed E-state index contributed by atoms with van der Waals surface area (Å²) in [7, 11) is 0.